The zero-order valence-electron chi connectivity index (χ0n) is 10.7. The maximum absolute atomic E-state index is 13.3. The molecule has 100 valence electrons. The van der Waals surface area contributed by atoms with Crippen LogP contribution in [0.2, 0.25) is 0 Å². The summed E-state index contributed by atoms with van der Waals surface area (Å²) in [5, 5.41) is 0. The lowest BCUT2D eigenvalue weighted by molar-refractivity contribution is -0.132. The molecule has 4 nitrogen and oxygen atoms in total. The molecule has 3 rings (SSSR count). The monoisotopic (exact) mass is 262 g/mol. The second kappa shape index (κ2) is 4.33. The normalized spacial score (nSPS) is 22.0. The summed E-state index contributed by atoms with van der Waals surface area (Å²) in [6.45, 7) is 0.566. The van der Waals surface area contributed by atoms with Crippen molar-refractivity contribution in [3.05, 3.63) is 29.6 Å². The van der Waals surface area contributed by atoms with E-state index in [1.54, 1.807) is 18.0 Å². The molecule has 2 heterocycles. The Balaban J connectivity index is 1.87. The molecule has 0 radical (unpaired) electrons. The molecular weight excluding hydrogens is 247 g/mol. The summed E-state index contributed by atoms with van der Waals surface area (Å²) in [7, 11) is 1.65. The lowest BCUT2D eigenvalue weighted by Crippen LogP contribution is -2.44. The number of benzene rings is 1. The van der Waals surface area contributed by atoms with Crippen LogP contribution in [-0.4, -0.2) is 36.3 Å². The molecule has 19 heavy (non-hydrogen) atoms. The van der Waals surface area contributed by atoms with Gasteiger partial charge in [0, 0.05) is 25.7 Å². The predicted molar refractivity (Wildman–Crippen MR) is 68.2 cm³/mol. The molecule has 0 aromatic heterocycles. The zero-order valence-corrected chi connectivity index (χ0v) is 10.7. The highest BCUT2D eigenvalue weighted by Gasteiger charge is 2.38. The Bertz CT molecular complexity index is 558. The molecular formula is C14H15FN2O2. The number of nitrogens with zero attached hydrogens (tertiary/aromatic N) is 2. The summed E-state index contributed by atoms with van der Waals surface area (Å²) in [6, 6.07) is 4.14. The van der Waals surface area contributed by atoms with Gasteiger partial charge in [0.15, 0.2) is 0 Å². The van der Waals surface area contributed by atoms with Gasteiger partial charge in [0.05, 0.1) is 0 Å². The van der Waals surface area contributed by atoms with Crippen molar-refractivity contribution >= 4 is 17.5 Å². The molecule has 0 N–H and O–H groups in total. The Morgan fingerprint density at radius 1 is 1.37 bits per heavy atom. The van der Waals surface area contributed by atoms with E-state index in [1.165, 1.54) is 17.0 Å². The van der Waals surface area contributed by atoms with E-state index < -0.39 is 6.04 Å². The van der Waals surface area contributed by atoms with E-state index >= 15 is 0 Å². The highest BCUT2D eigenvalue weighted by Crippen LogP contribution is 2.31. The van der Waals surface area contributed by atoms with Crippen LogP contribution < -0.4 is 4.90 Å². The molecule has 0 bridgehead atoms. The van der Waals surface area contributed by atoms with Gasteiger partial charge in [0.1, 0.15) is 11.9 Å². The minimum Gasteiger partial charge on any atom is -0.334 e. The molecule has 1 aromatic rings. The van der Waals surface area contributed by atoms with Crippen molar-refractivity contribution in [2.24, 2.45) is 0 Å². The molecule has 2 aliphatic heterocycles. The van der Waals surface area contributed by atoms with E-state index in [9.17, 15) is 14.0 Å². The SMILES string of the molecule is CN1C(=O)CC[C@H]1C(=O)N1CCc2ccc(F)cc21. The fraction of sp³-hybridized carbons (Fsp3) is 0.429. The van der Waals surface area contributed by atoms with Crippen LogP contribution in [0.5, 0.6) is 0 Å². The number of carbonyl (C=O) groups excluding carboxylic acids is 2. The Morgan fingerprint density at radius 2 is 2.16 bits per heavy atom. The standard InChI is InChI=1S/C14H15FN2O2/c1-16-11(4-5-13(16)18)14(19)17-7-6-9-2-3-10(15)8-12(9)17/h2-3,8,11H,4-7H2,1H3/t11-/m0/s1. The Kier molecular flexibility index (Phi) is 2.77. The van der Waals surface area contributed by atoms with Crippen LogP contribution in [-0.2, 0) is 16.0 Å². The van der Waals surface area contributed by atoms with Crippen LogP contribution in [0.3, 0.4) is 0 Å². The van der Waals surface area contributed by atoms with Gasteiger partial charge in [-0.15, -0.1) is 0 Å². The molecule has 2 amide bonds. The van der Waals surface area contributed by atoms with Crippen molar-refractivity contribution in [3.8, 4) is 0 Å². The summed E-state index contributed by atoms with van der Waals surface area (Å²) in [5.74, 6) is -0.441. The molecule has 0 aliphatic carbocycles. The summed E-state index contributed by atoms with van der Waals surface area (Å²) in [6.07, 6.45) is 1.71. The third-order valence-electron chi connectivity index (χ3n) is 3.99. The van der Waals surface area contributed by atoms with Gasteiger partial charge in [-0.1, -0.05) is 6.07 Å². The van der Waals surface area contributed by atoms with Gasteiger partial charge < -0.3 is 9.80 Å². The van der Waals surface area contributed by atoms with E-state index in [0.29, 0.717) is 25.1 Å². The highest BCUT2D eigenvalue weighted by molar-refractivity contribution is 6.02. The first-order valence-electron chi connectivity index (χ1n) is 6.43. The highest BCUT2D eigenvalue weighted by atomic mass is 19.1. The number of rotatable bonds is 1. The number of likely N-dealkylation sites (N-methyl/N-ethyl adjacent to an activating group) is 1. The minimum absolute atomic E-state index is 0.00277. The van der Waals surface area contributed by atoms with Gasteiger partial charge in [-0.3, -0.25) is 9.59 Å². The molecule has 1 saturated heterocycles. The van der Waals surface area contributed by atoms with E-state index in [-0.39, 0.29) is 17.6 Å². The maximum Gasteiger partial charge on any atom is 0.249 e. The van der Waals surface area contributed by atoms with Crippen LogP contribution in [0.1, 0.15) is 18.4 Å². The second-order valence-electron chi connectivity index (χ2n) is 5.07. The average Bonchev–Trinajstić information content (AvgIpc) is 2.94. The molecule has 1 atom stereocenters. The molecule has 0 saturated carbocycles. The zero-order chi connectivity index (χ0) is 13.6. The molecule has 0 spiro atoms. The van der Waals surface area contributed by atoms with Gasteiger partial charge >= 0.3 is 0 Å². The average molecular weight is 262 g/mol. The van der Waals surface area contributed by atoms with Gasteiger partial charge in [-0.05, 0) is 30.5 Å². The molecule has 5 heteroatoms. The van der Waals surface area contributed by atoms with Crippen molar-refractivity contribution < 1.29 is 14.0 Å². The number of hydrogen-bond donors (Lipinski definition) is 0. The number of carbonyl (C=O) groups is 2. The van der Waals surface area contributed by atoms with Crippen molar-refractivity contribution in [2.75, 3.05) is 18.5 Å². The quantitative estimate of drug-likeness (QED) is 0.766. The fourth-order valence-electron chi connectivity index (χ4n) is 2.85. The fourth-order valence-corrected chi connectivity index (χ4v) is 2.85. The first-order valence-corrected chi connectivity index (χ1v) is 6.43. The summed E-state index contributed by atoms with van der Waals surface area (Å²) in [4.78, 5) is 27.1. The molecule has 1 aromatic carbocycles. The first-order chi connectivity index (χ1) is 9.08. The van der Waals surface area contributed by atoms with Gasteiger partial charge in [-0.2, -0.15) is 0 Å². The number of likely N-dealkylation sites (tertiary alicyclic amines) is 1. The van der Waals surface area contributed by atoms with Crippen molar-refractivity contribution in [1.82, 2.24) is 4.90 Å². The lowest BCUT2D eigenvalue weighted by Gasteiger charge is -2.25. The smallest absolute Gasteiger partial charge is 0.249 e. The molecule has 2 aliphatic rings. The van der Waals surface area contributed by atoms with Gasteiger partial charge in [0.25, 0.3) is 0 Å². The summed E-state index contributed by atoms with van der Waals surface area (Å²) >= 11 is 0. The van der Waals surface area contributed by atoms with E-state index in [4.69, 9.17) is 0 Å². The number of fused-ring (bicyclic) bond motifs is 1. The van der Waals surface area contributed by atoms with E-state index in [0.717, 1.165) is 12.0 Å². The third kappa shape index (κ3) is 1.89. The van der Waals surface area contributed by atoms with E-state index in [2.05, 4.69) is 0 Å². The summed E-state index contributed by atoms with van der Waals surface area (Å²) in [5.41, 5.74) is 1.64. The van der Waals surface area contributed by atoms with Crippen molar-refractivity contribution in [3.63, 3.8) is 0 Å². The Labute approximate surface area is 110 Å². The molecule has 1 fully saturated rings. The van der Waals surface area contributed by atoms with Crippen LogP contribution in [0.25, 0.3) is 0 Å². The third-order valence-corrected chi connectivity index (χ3v) is 3.99. The number of amides is 2. The maximum atomic E-state index is 13.3. The van der Waals surface area contributed by atoms with Crippen LogP contribution in [0.4, 0.5) is 10.1 Å². The topological polar surface area (TPSA) is 40.6 Å². The van der Waals surface area contributed by atoms with E-state index in [1.807, 2.05) is 0 Å². The Morgan fingerprint density at radius 3 is 2.84 bits per heavy atom. The van der Waals surface area contributed by atoms with Crippen molar-refractivity contribution in [1.29, 1.82) is 0 Å². The predicted octanol–water partition coefficient (Wildman–Crippen LogP) is 1.34. The molecule has 0 unspecified atom stereocenters. The van der Waals surface area contributed by atoms with Crippen LogP contribution in [0, 0.1) is 5.82 Å². The second-order valence-corrected chi connectivity index (χ2v) is 5.07. The number of halogens is 1. The van der Waals surface area contributed by atoms with Gasteiger partial charge in [-0.25, -0.2) is 4.39 Å². The Hall–Kier alpha value is -1.91. The van der Waals surface area contributed by atoms with Gasteiger partial charge in [0.2, 0.25) is 11.8 Å². The largest absolute Gasteiger partial charge is 0.334 e. The van der Waals surface area contributed by atoms with Crippen molar-refractivity contribution in [2.45, 2.75) is 25.3 Å². The number of anilines is 1. The lowest BCUT2D eigenvalue weighted by atomic mass is 10.1. The van der Waals surface area contributed by atoms with Crippen LogP contribution >= 0.6 is 0 Å². The summed E-state index contributed by atoms with van der Waals surface area (Å²) < 4.78 is 13.3. The first kappa shape index (κ1) is 12.1. The minimum atomic E-state index is -0.401. The van der Waals surface area contributed by atoms with Crippen LogP contribution in [0.15, 0.2) is 18.2 Å². The number of hydrogen-bond acceptors (Lipinski definition) is 2.